The molecule has 2 aliphatic carbocycles. The number of hydrogen-bond donors (Lipinski definition) is 3. The highest BCUT2D eigenvalue weighted by Crippen LogP contribution is 2.40. The van der Waals surface area contributed by atoms with Gasteiger partial charge < -0.3 is 15.6 Å². The summed E-state index contributed by atoms with van der Waals surface area (Å²) < 4.78 is 55.4. The number of thiazole rings is 2. The molecule has 0 saturated heterocycles. The third-order valence-electron chi connectivity index (χ3n) is 9.58. The molecule has 286 valence electrons. The molecule has 4 aromatic carbocycles. The standard InChI is InChI=1S/C22H16F2N4OS.C20H14F2N2O2S/c23-15-4-2-5-16(24)19(15)28-21(29)22-27-17-6-1-3-12-7-8-13(18-10-25-11-26-18)9-14(12)20(17)30-22;21-14-4-2-5-15(22)17(14)24-19(26)20-23-16-6-1-3-12-8-7-11(10-25)9-13(12)18(16)27-20/h2,4-5,7-11H,1,3,6H2,(H,25,26)(H,28,29);2,4-5,7-10H,1,3,6H2,(H,24,26). The highest BCUT2D eigenvalue weighted by atomic mass is 32.1. The first-order chi connectivity index (χ1) is 27.7. The SMILES string of the molecule is O=C(Nc1c(F)cccc1F)c1nc2c(s1)-c1cc(-c3cnc[nH]3)ccc1CCC2.O=Cc1ccc2c(c1)-c1sc(C(=O)Nc3c(F)cccc3F)nc1CCC2. The van der Waals surface area contributed by atoms with Crippen LogP contribution >= 0.6 is 22.7 Å². The summed E-state index contributed by atoms with van der Waals surface area (Å²) in [6, 6.07) is 18.5. The number of nitrogens with one attached hydrogen (secondary N) is 3. The van der Waals surface area contributed by atoms with Crippen molar-refractivity contribution in [2.45, 2.75) is 38.5 Å². The number of fused-ring (bicyclic) bond motifs is 6. The van der Waals surface area contributed by atoms with E-state index in [1.165, 1.54) is 40.4 Å². The average Bonchev–Trinajstić information content (AvgIpc) is 3.96. The summed E-state index contributed by atoms with van der Waals surface area (Å²) in [7, 11) is 0. The van der Waals surface area contributed by atoms with Crippen LogP contribution < -0.4 is 10.6 Å². The van der Waals surface area contributed by atoms with Gasteiger partial charge in [-0.3, -0.25) is 14.4 Å². The van der Waals surface area contributed by atoms with Gasteiger partial charge in [0.1, 0.15) is 40.9 Å². The van der Waals surface area contributed by atoms with Crippen LogP contribution in [0.4, 0.5) is 28.9 Å². The van der Waals surface area contributed by atoms with Crippen LogP contribution in [0.3, 0.4) is 0 Å². The minimum absolute atomic E-state index is 0.131. The molecule has 3 heterocycles. The summed E-state index contributed by atoms with van der Waals surface area (Å²) in [5, 5.41) is 4.91. The molecule has 2 aliphatic rings. The fraction of sp³-hybridized carbons (Fsp3) is 0.143. The van der Waals surface area contributed by atoms with Gasteiger partial charge in [0.05, 0.1) is 39.4 Å². The Kier molecular flexibility index (Phi) is 10.6. The molecular formula is C42H30F4N6O3S2. The van der Waals surface area contributed by atoms with E-state index in [1.54, 1.807) is 24.7 Å². The number of carbonyl (C=O) groups is 3. The number of amides is 2. The Bertz CT molecular complexity index is 2640. The molecule has 0 atom stereocenters. The summed E-state index contributed by atoms with van der Waals surface area (Å²) in [6.45, 7) is 0. The predicted molar refractivity (Wildman–Crippen MR) is 211 cm³/mol. The summed E-state index contributed by atoms with van der Waals surface area (Å²) >= 11 is 2.41. The topological polar surface area (TPSA) is 130 Å². The van der Waals surface area contributed by atoms with E-state index in [9.17, 15) is 31.9 Å². The molecule has 9 nitrogen and oxygen atoms in total. The number of halogens is 4. The van der Waals surface area contributed by atoms with Gasteiger partial charge in [0, 0.05) is 11.1 Å². The lowest BCUT2D eigenvalue weighted by Crippen LogP contribution is -2.14. The number of aromatic amines is 1. The number of aldehydes is 1. The van der Waals surface area contributed by atoms with Crippen molar-refractivity contribution in [3.63, 3.8) is 0 Å². The van der Waals surface area contributed by atoms with Crippen molar-refractivity contribution in [2.75, 3.05) is 10.6 Å². The fourth-order valence-corrected chi connectivity index (χ4v) is 8.92. The number of imidazole rings is 1. The van der Waals surface area contributed by atoms with Gasteiger partial charge in [-0.05, 0) is 97.2 Å². The molecule has 0 spiro atoms. The van der Waals surface area contributed by atoms with Crippen molar-refractivity contribution >= 4 is 52.1 Å². The number of carbonyl (C=O) groups excluding carboxylic acids is 3. The number of para-hydroxylation sites is 2. The van der Waals surface area contributed by atoms with Crippen LogP contribution in [0.1, 0.15) is 65.3 Å². The molecule has 3 N–H and O–H groups in total. The van der Waals surface area contributed by atoms with E-state index in [-0.39, 0.29) is 10.0 Å². The molecule has 9 rings (SSSR count). The Morgan fingerprint density at radius 2 is 1.18 bits per heavy atom. The van der Waals surface area contributed by atoms with E-state index in [4.69, 9.17) is 0 Å². The maximum absolute atomic E-state index is 13.9. The Balaban J connectivity index is 0.000000161. The second-order valence-electron chi connectivity index (χ2n) is 13.3. The first-order valence-corrected chi connectivity index (χ1v) is 19.5. The van der Waals surface area contributed by atoms with Gasteiger partial charge >= 0.3 is 0 Å². The highest BCUT2D eigenvalue weighted by Gasteiger charge is 2.25. The predicted octanol–water partition coefficient (Wildman–Crippen LogP) is 9.86. The lowest BCUT2D eigenvalue weighted by molar-refractivity contribution is 0.101. The zero-order chi connectivity index (χ0) is 39.6. The number of rotatable bonds is 6. The molecule has 57 heavy (non-hydrogen) atoms. The zero-order valence-electron chi connectivity index (χ0n) is 29.8. The molecule has 3 aromatic heterocycles. The molecule has 0 aliphatic heterocycles. The van der Waals surface area contributed by atoms with E-state index in [0.29, 0.717) is 12.0 Å². The van der Waals surface area contributed by atoms with Crippen molar-refractivity contribution in [1.29, 1.82) is 0 Å². The van der Waals surface area contributed by atoms with Crippen molar-refractivity contribution in [2.24, 2.45) is 0 Å². The average molecular weight is 807 g/mol. The van der Waals surface area contributed by atoms with Crippen LogP contribution in [-0.4, -0.2) is 38.0 Å². The first kappa shape index (κ1) is 37.6. The number of nitrogens with zero attached hydrogens (tertiary/aromatic N) is 3. The van der Waals surface area contributed by atoms with E-state index >= 15 is 0 Å². The Morgan fingerprint density at radius 3 is 1.67 bits per heavy atom. The van der Waals surface area contributed by atoms with Crippen molar-refractivity contribution in [3.05, 3.63) is 147 Å². The number of hydrogen-bond acceptors (Lipinski definition) is 8. The molecule has 0 fully saturated rings. The van der Waals surface area contributed by atoms with E-state index < -0.39 is 46.5 Å². The third-order valence-corrected chi connectivity index (χ3v) is 11.8. The number of aromatic nitrogens is 4. The van der Waals surface area contributed by atoms with Crippen LogP contribution in [0.25, 0.3) is 32.1 Å². The second kappa shape index (κ2) is 16.0. The smallest absolute Gasteiger partial charge is 0.284 e. The van der Waals surface area contributed by atoms with Crippen LogP contribution in [0.5, 0.6) is 0 Å². The minimum Gasteiger partial charge on any atom is -0.345 e. The quantitative estimate of drug-likeness (QED) is 0.113. The second-order valence-corrected chi connectivity index (χ2v) is 15.3. The lowest BCUT2D eigenvalue weighted by Gasteiger charge is -2.08. The van der Waals surface area contributed by atoms with Gasteiger partial charge in [-0.25, -0.2) is 32.5 Å². The molecule has 0 unspecified atom stereocenters. The van der Waals surface area contributed by atoms with E-state index in [1.807, 2.05) is 12.1 Å². The van der Waals surface area contributed by atoms with Gasteiger partial charge in [0.15, 0.2) is 10.0 Å². The first-order valence-electron chi connectivity index (χ1n) is 17.9. The van der Waals surface area contributed by atoms with Gasteiger partial charge in [0.2, 0.25) is 0 Å². The molecule has 0 radical (unpaired) electrons. The van der Waals surface area contributed by atoms with Crippen molar-refractivity contribution in [1.82, 2.24) is 19.9 Å². The Labute approximate surface area is 330 Å². The van der Waals surface area contributed by atoms with Gasteiger partial charge in [-0.1, -0.05) is 36.4 Å². The van der Waals surface area contributed by atoms with Crippen LogP contribution in [-0.2, 0) is 25.7 Å². The maximum Gasteiger partial charge on any atom is 0.284 e. The van der Waals surface area contributed by atoms with Crippen LogP contribution in [0, 0.1) is 23.3 Å². The van der Waals surface area contributed by atoms with Crippen LogP contribution in [0.2, 0.25) is 0 Å². The van der Waals surface area contributed by atoms with Crippen molar-refractivity contribution < 1.29 is 31.9 Å². The summed E-state index contributed by atoms with van der Waals surface area (Å²) in [4.78, 5) is 54.1. The van der Waals surface area contributed by atoms with E-state index in [0.717, 1.165) is 112 Å². The normalized spacial score (nSPS) is 12.7. The number of anilines is 2. The Hall–Kier alpha value is -6.32. The van der Waals surface area contributed by atoms with Crippen molar-refractivity contribution in [3.8, 4) is 32.1 Å². The maximum atomic E-state index is 13.9. The molecule has 0 bridgehead atoms. The summed E-state index contributed by atoms with van der Waals surface area (Å²) in [5.74, 6) is -4.62. The number of aryl methyl sites for hydroxylation is 4. The Morgan fingerprint density at radius 1 is 0.667 bits per heavy atom. The number of H-pyrrole nitrogens is 1. The summed E-state index contributed by atoms with van der Waals surface area (Å²) in [5.41, 5.74) is 7.29. The fourth-order valence-electron chi connectivity index (χ4n) is 6.80. The van der Waals surface area contributed by atoms with Gasteiger partial charge in [-0.2, -0.15) is 0 Å². The van der Waals surface area contributed by atoms with Gasteiger partial charge in [-0.15, -0.1) is 22.7 Å². The molecule has 0 saturated carbocycles. The van der Waals surface area contributed by atoms with Gasteiger partial charge in [0.25, 0.3) is 11.8 Å². The molecule has 2 amide bonds. The van der Waals surface area contributed by atoms with Crippen LogP contribution in [0.15, 0.2) is 85.3 Å². The minimum atomic E-state index is -0.845. The lowest BCUT2D eigenvalue weighted by atomic mass is 10.00. The van der Waals surface area contributed by atoms with E-state index in [2.05, 4.69) is 42.7 Å². The summed E-state index contributed by atoms with van der Waals surface area (Å²) in [6.07, 6.45) is 9.16. The molecule has 15 heteroatoms. The largest absolute Gasteiger partial charge is 0.345 e. The highest BCUT2D eigenvalue weighted by molar-refractivity contribution is 7.17. The third kappa shape index (κ3) is 7.76. The number of benzene rings is 4. The molecule has 7 aromatic rings. The zero-order valence-corrected chi connectivity index (χ0v) is 31.4. The molecular weight excluding hydrogens is 777 g/mol. The monoisotopic (exact) mass is 806 g/mol.